The Kier molecular flexibility index (Phi) is 3.74. The van der Waals surface area contributed by atoms with Crippen molar-refractivity contribution in [2.24, 2.45) is 11.7 Å². The zero-order valence-electron chi connectivity index (χ0n) is 10.1. The zero-order valence-corrected chi connectivity index (χ0v) is 10.1. The molecule has 1 aliphatic rings. The summed E-state index contributed by atoms with van der Waals surface area (Å²) in [7, 11) is 0. The number of carbonyl (C=O) groups is 1. The maximum absolute atomic E-state index is 11.9. The van der Waals surface area contributed by atoms with Crippen LogP contribution in [-0.2, 0) is 0 Å². The van der Waals surface area contributed by atoms with Crippen molar-refractivity contribution >= 4 is 5.91 Å². The van der Waals surface area contributed by atoms with Crippen molar-refractivity contribution in [3.63, 3.8) is 0 Å². The van der Waals surface area contributed by atoms with Gasteiger partial charge in [-0.25, -0.2) is 0 Å². The lowest BCUT2D eigenvalue weighted by molar-refractivity contribution is 0.0946. The molecular weight excluding hydrogens is 214 g/mol. The summed E-state index contributed by atoms with van der Waals surface area (Å²) in [5.74, 6) is 0.502. The van der Waals surface area contributed by atoms with Gasteiger partial charge in [-0.2, -0.15) is 0 Å². The minimum atomic E-state index is -0.0314. The van der Waals surface area contributed by atoms with E-state index in [1.165, 1.54) is 0 Å². The maximum atomic E-state index is 11.9. The lowest BCUT2D eigenvalue weighted by atomic mass is 10.1. The van der Waals surface area contributed by atoms with Crippen LogP contribution in [0.1, 0.15) is 35.3 Å². The molecule has 1 heterocycles. The molecule has 0 bridgehead atoms. The molecule has 1 saturated carbocycles. The van der Waals surface area contributed by atoms with E-state index in [1.807, 2.05) is 6.92 Å². The summed E-state index contributed by atoms with van der Waals surface area (Å²) in [6, 6.07) is 3.91. The van der Waals surface area contributed by atoms with Gasteiger partial charge in [0, 0.05) is 24.5 Å². The van der Waals surface area contributed by atoms with Crippen LogP contribution in [0.5, 0.6) is 0 Å². The lowest BCUT2D eigenvalue weighted by Gasteiger charge is -2.11. The molecule has 3 N–H and O–H groups in total. The van der Waals surface area contributed by atoms with Crippen LogP contribution in [-0.4, -0.2) is 23.5 Å². The molecule has 0 spiro atoms. The summed E-state index contributed by atoms with van der Waals surface area (Å²) < 4.78 is 0. The molecule has 1 aromatic heterocycles. The molecule has 2 atom stereocenters. The summed E-state index contributed by atoms with van der Waals surface area (Å²) >= 11 is 0. The van der Waals surface area contributed by atoms with Gasteiger partial charge in [-0.15, -0.1) is 0 Å². The first-order valence-corrected chi connectivity index (χ1v) is 6.12. The number of nitrogens with zero attached hydrogens (tertiary/aromatic N) is 1. The van der Waals surface area contributed by atoms with E-state index in [0.717, 1.165) is 31.5 Å². The van der Waals surface area contributed by atoms with E-state index in [4.69, 9.17) is 5.73 Å². The fourth-order valence-electron chi connectivity index (χ4n) is 2.36. The Labute approximate surface area is 102 Å². The van der Waals surface area contributed by atoms with E-state index in [2.05, 4.69) is 10.3 Å². The molecule has 4 heteroatoms. The number of carbonyl (C=O) groups excluding carboxylic acids is 1. The lowest BCUT2D eigenvalue weighted by Crippen LogP contribution is -2.29. The number of amides is 1. The third kappa shape index (κ3) is 3.03. The van der Waals surface area contributed by atoms with E-state index in [1.54, 1.807) is 18.3 Å². The van der Waals surface area contributed by atoms with Gasteiger partial charge in [0.25, 0.3) is 5.91 Å². The average Bonchev–Trinajstić information content (AvgIpc) is 2.73. The summed E-state index contributed by atoms with van der Waals surface area (Å²) in [4.78, 5) is 16.0. The monoisotopic (exact) mass is 233 g/mol. The van der Waals surface area contributed by atoms with E-state index in [-0.39, 0.29) is 5.91 Å². The first-order valence-electron chi connectivity index (χ1n) is 6.12. The van der Waals surface area contributed by atoms with Crippen LogP contribution in [0.2, 0.25) is 0 Å². The maximum Gasteiger partial charge on any atom is 0.253 e. The van der Waals surface area contributed by atoms with Gasteiger partial charge in [-0.1, -0.05) is 0 Å². The van der Waals surface area contributed by atoms with Crippen molar-refractivity contribution in [2.75, 3.05) is 6.54 Å². The van der Waals surface area contributed by atoms with Crippen molar-refractivity contribution < 1.29 is 4.79 Å². The highest BCUT2D eigenvalue weighted by atomic mass is 16.1. The van der Waals surface area contributed by atoms with E-state index in [0.29, 0.717) is 17.5 Å². The Morgan fingerprint density at radius 1 is 1.59 bits per heavy atom. The van der Waals surface area contributed by atoms with E-state index >= 15 is 0 Å². The molecule has 0 radical (unpaired) electrons. The second-order valence-corrected chi connectivity index (χ2v) is 4.79. The molecule has 17 heavy (non-hydrogen) atoms. The molecule has 2 unspecified atom stereocenters. The van der Waals surface area contributed by atoms with Gasteiger partial charge in [0.05, 0.1) is 5.56 Å². The number of hydrogen-bond acceptors (Lipinski definition) is 3. The standard InChI is InChI=1S/C13H19N3O/c1-9-12(3-2-6-15-9)13(17)16-8-10-4-5-11(14)7-10/h2-3,6,10-11H,4-5,7-8,14H2,1H3,(H,16,17). The molecule has 0 aliphatic heterocycles. The van der Waals surface area contributed by atoms with Gasteiger partial charge in [-0.3, -0.25) is 9.78 Å². The number of nitrogens with one attached hydrogen (secondary N) is 1. The van der Waals surface area contributed by atoms with Gasteiger partial charge >= 0.3 is 0 Å². The highest BCUT2D eigenvalue weighted by Crippen LogP contribution is 2.23. The van der Waals surface area contributed by atoms with Gasteiger partial charge in [-0.05, 0) is 44.2 Å². The third-order valence-electron chi connectivity index (χ3n) is 3.38. The van der Waals surface area contributed by atoms with Crippen molar-refractivity contribution in [3.05, 3.63) is 29.6 Å². The quantitative estimate of drug-likeness (QED) is 0.825. The molecule has 1 aromatic rings. The third-order valence-corrected chi connectivity index (χ3v) is 3.38. The Hall–Kier alpha value is -1.42. The zero-order chi connectivity index (χ0) is 12.3. The number of aryl methyl sites for hydroxylation is 1. The van der Waals surface area contributed by atoms with Gasteiger partial charge < -0.3 is 11.1 Å². The van der Waals surface area contributed by atoms with Crippen LogP contribution < -0.4 is 11.1 Å². The van der Waals surface area contributed by atoms with Crippen LogP contribution in [0.4, 0.5) is 0 Å². The van der Waals surface area contributed by atoms with Crippen LogP contribution in [0.15, 0.2) is 18.3 Å². The SMILES string of the molecule is Cc1ncccc1C(=O)NCC1CCC(N)C1. The molecule has 4 nitrogen and oxygen atoms in total. The average molecular weight is 233 g/mol. The molecule has 1 aliphatic carbocycles. The Morgan fingerprint density at radius 3 is 3.06 bits per heavy atom. The van der Waals surface area contributed by atoms with E-state index in [9.17, 15) is 4.79 Å². The predicted molar refractivity (Wildman–Crippen MR) is 66.6 cm³/mol. The topological polar surface area (TPSA) is 68.0 Å². The molecule has 1 fully saturated rings. The molecule has 0 aromatic carbocycles. The van der Waals surface area contributed by atoms with E-state index < -0.39 is 0 Å². The van der Waals surface area contributed by atoms with Gasteiger partial charge in [0.15, 0.2) is 0 Å². The largest absolute Gasteiger partial charge is 0.352 e. The Morgan fingerprint density at radius 2 is 2.41 bits per heavy atom. The molecule has 2 rings (SSSR count). The summed E-state index contributed by atoms with van der Waals surface area (Å²) in [6.45, 7) is 2.57. The Balaban J connectivity index is 1.88. The number of pyridine rings is 1. The summed E-state index contributed by atoms with van der Waals surface area (Å²) in [6.07, 6.45) is 4.91. The highest BCUT2D eigenvalue weighted by molar-refractivity contribution is 5.95. The highest BCUT2D eigenvalue weighted by Gasteiger charge is 2.22. The first-order chi connectivity index (χ1) is 8.16. The fraction of sp³-hybridized carbons (Fsp3) is 0.538. The van der Waals surface area contributed by atoms with Crippen molar-refractivity contribution in [3.8, 4) is 0 Å². The summed E-state index contributed by atoms with van der Waals surface area (Å²) in [5.41, 5.74) is 7.28. The number of hydrogen-bond donors (Lipinski definition) is 2. The Bertz CT molecular complexity index is 405. The van der Waals surface area contributed by atoms with Gasteiger partial charge in [0.2, 0.25) is 0 Å². The molecule has 1 amide bonds. The van der Waals surface area contributed by atoms with Crippen LogP contribution in [0.3, 0.4) is 0 Å². The minimum absolute atomic E-state index is 0.0314. The number of rotatable bonds is 3. The smallest absolute Gasteiger partial charge is 0.253 e. The van der Waals surface area contributed by atoms with Crippen LogP contribution in [0.25, 0.3) is 0 Å². The molecule has 92 valence electrons. The molecule has 0 saturated heterocycles. The number of nitrogens with two attached hydrogens (primary N) is 1. The summed E-state index contributed by atoms with van der Waals surface area (Å²) in [5, 5.41) is 2.97. The normalized spacial score (nSPS) is 23.6. The van der Waals surface area contributed by atoms with Crippen LogP contribution >= 0.6 is 0 Å². The van der Waals surface area contributed by atoms with Gasteiger partial charge in [0.1, 0.15) is 0 Å². The second-order valence-electron chi connectivity index (χ2n) is 4.79. The van der Waals surface area contributed by atoms with Crippen LogP contribution in [0, 0.1) is 12.8 Å². The van der Waals surface area contributed by atoms with Crippen molar-refractivity contribution in [2.45, 2.75) is 32.2 Å². The molecular formula is C13H19N3O. The first kappa shape index (κ1) is 12.0. The predicted octanol–water partition coefficient (Wildman–Crippen LogP) is 1.25. The van der Waals surface area contributed by atoms with Crippen molar-refractivity contribution in [1.29, 1.82) is 0 Å². The number of aromatic nitrogens is 1. The fourth-order valence-corrected chi connectivity index (χ4v) is 2.36. The van der Waals surface area contributed by atoms with Crippen molar-refractivity contribution in [1.82, 2.24) is 10.3 Å². The minimum Gasteiger partial charge on any atom is -0.352 e. The second kappa shape index (κ2) is 5.27.